The highest BCUT2D eigenvalue weighted by Crippen LogP contribution is 2.39. The zero-order valence-electron chi connectivity index (χ0n) is 12.5. The average Bonchev–Trinajstić information content (AvgIpc) is 3.06. The molecule has 1 aliphatic carbocycles. The van der Waals surface area contributed by atoms with Gasteiger partial charge in [0.25, 0.3) is 0 Å². The summed E-state index contributed by atoms with van der Waals surface area (Å²) < 4.78 is 5.44. The summed E-state index contributed by atoms with van der Waals surface area (Å²) in [6.45, 7) is 5.73. The van der Waals surface area contributed by atoms with Crippen LogP contribution in [0, 0.1) is 25.7 Å². The summed E-state index contributed by atoms with van der Waals surface area (Å²) in [5.41, 5.74) is 3.01. The van der Waals surface area contributed by atoms with Gasteiger partial charge in [0.15, 0.2) is 0 Å². The fourth-order valence-corrected chi connectivity index (χ4v) is 3.74. The number of aromatic nitrogens is 2. The van der Waals surface area contributed by atoms with Crippen molar-refractivity contribution in [2.45, 2.75) is 39.2 Å². The van der Waals surface area contributed by atoms with E-state index < -0.39 is 0 Å². The Morgan fingerprint density at radius 2 is 2.00 bits per heavy atom. The van der Waals surface area contributed by atoms with Gasteiger partial charge in [0.2, 0.25) is 5.91 Å². The van der Waals surface area contributed by atoms with E-state index in [4.69, 9.17) is 4.74 Å². The van der Waals surface area contributed by atoms with E-state index >= 15 is 0 Å². The molecule has 0 aromatic carbocycles. The number of ether oxygens (including phenoxy) is 1. The van der Waals surface area contributed by atoms with Crippen molar-refractivity contribution in [3.8, 4) is 0 Å². The van der Waals surface area contributed by atoms with Crippen LogP contribution in [0.3, 0.4) is 0 Å². The van der Waals surface area contributed by atoms with E-state index in [0.717, 1.165) is 42.9 Å². The van der Waals surface area contributed by atoms with E-state index in [9.17, 15) is 4.79 Å². The summed E-state index contributed by atoms with van der Waals surface area (Å²) >= 11 is 0. The molecule has 1 amide bonds. The van der Waals surface area contributed by atoms with Crippen LogP contribution in [0.2, 0.25) is 0 Å². The average molecular weight is 277 g/mol. The van der Waals surface area contributed by atoms with Crippen molar-refractivity contribution in [1.82, 2.24) is 15.1 Å². The lowest BCUT2D eigenvalue weighted by Gasteiger charge is -2.19. The third kappa shape index (κ3) is 2.35. The molecule has 0 bridgehead atoms. The van der Waals surface area contributed by atoms with Crippen LogP contribution in [0.4, 0.5) is 0 Å². The molecule has 1 N–H and O–H groups in total. The summed E-state index contributed by atoms with van der Waals surface area (Å²) in [7, 11) is 1.79. The van der Waals surface area contributed by atoms with Gasteiger partial charge < -0.3 is 9.64 Å². The highest BCUT2D eigenvalue weighted by Gasteiger charge is 2.42. The Labute approximate surface area is 119 Å². The van der Waals surface area contributed by atoms with Crippen molar-refractivity contribution in [2.24, 2.45) is 11.8 Å². The fourth-order valence-electron chi connectivity index (χ4n) is 3.74. The third-order valence-electron chi connectivity index (χ3n) is 5.00. The van der Waals surface area contributed by atoms with Crippen molar-refractivity contribution in [2.75, 3.05) is 20.2 Å². The number of nitrogens with zero attached hydrogens (tertiary/aromatic N) is 2. The van der Waals surface area contributed by atoms with E-state index in [2.05, 4.69) is 10.2 Å². The number of H-pyrrole nitrogens is 1. The molecule has 1 saturated carbocycles. The van der Waals surface area contributed by atoms with Gasteiger partial charge in [0.1, 0.15) is 0 Å². The zero-order chi connectivity index (χ0) is 14.3. The topological polar surface area (TPSA) is 58.2 Å². The first-order chi connectivity index (χ1) is 9.58. The maximum Gasteiger partial charge on any atom is 0.227 e. The van der Waals surface area contributed by atoms with E-state index in [1.807, 2.05) is 18.7 Å². The van der Waals surface area contributed by atoms with Crippen LogP contribution < -0.4 is 0 Å². The largest absolute Gasteiger partial charge is 0.381 e. The van der Waals surface area contributed by atoms with Crippen LogP contribution >= 0.6 is 0 Å². The van der Waals surface area contributed by atoms with Gasteiger partial charge in [-0.3, -0.25) is 9.89 Å². The first-order valence-electron chi connectivity index (χ1n) is 7.39. The standard InChI is InChI=1S/C15H23N3O2/c1-9-14(10(2)17-16-9)6-15(19)18-7-11-4-13(20-3)5-12(11)8-18/h11-13H,4-8H2,1-3H3,(H,16,17)/t11-,12+,13?. The number of hydrogen-bond acceptors (Lipinski definition) is 3. The van der Waals surface area contributed by atoms with Crippen molar-refractivity contribution in [3.05, 3.63) is 17.0 Å². The van der Waals surface area contributed by atoms with Gasteiger partial charge in [-0.2, -0.15) is 5.10 Å². The lowest BCUT2D eigenvalue weighted by atomic mass is 10.0. The monoisotopic (exact) mass is 277 g/mol. The number of fused-ring (bicyclic) bond motifs is 1. The van der Waals surface area contributed by atoms with Gasteiger partial charge in [-0.15, -0.1) is 0 Å². The van der Waals surface area contributed by atoms with Crippen molar-refractivity contribution < 1.29 is 9.53 Å². The lowest BCUT2D eigenvalue weighted by Crippen LogP contribution is -2.32. The maximum atomic E-state index is 12.5. The normalized spacial score (nSPS) is 28.9. The summed E-state index contributed by atoms with van der Waals surface area (Å²) in [4.78, 5) is 14.5. The smallest absolute Gasteiger partial charge is 0.227 e. The molecule has 0 spiro atoms. The zero-order valence-corrected chi connectivity index (χ0v) is 12.5. The first-order valence-corrected chi connectivity index (χ1v) is 7.39. The quantitative estimate of drug-likeness (QED) is 0.910. The maximum absolute atomic E-state index is 12.5. The van der Waals surface area contributed by atoms with Crippen LogP contribution in [0.15, 0.2) is 0 Å². The third-order valence-corrected chi connectivity index (χ3v) is 5.00. The van der Waals surface area contributed by atoms with E-state index in [-0.39, 0.29) is 5.91 Å². The number of aromatic amines is 1. The fraction of sp³-hybridized carbons (Fsp3) is 0.733. The van der Waals surface area contributed by atoms with Crippen LogP contribution in [-0.2, 0) is 16.0 Å². The first kappa shape index (κ1) is 13.6. The molecule has 1 saturated heterocycles. The van der Waals surface area contributed by atoms with Gasteiger partial charge >= 0.3 is 0 Å². The van der Waals surface area contributed by atoms with Crippen LogP contribution in [0.5, 0.6) is 0 Å². The van der Waals surface area contributed by atoms with E-state index in [1.54, 1.807) is 7.11 Å². The number of hydrogen-bond donors (Lipinski definition) is 1. The number of rotatable bonds is 3. The molecular weight excluding hydrogens is 254 g/mol. The molecule has 2 fully saturated rings. The summed E-state index contributed by atoms with van der Waals surface area (Å²) in [5, 5.41) is 7.11. The molecule has 5 heteroatoms. The molecule has 1 aromatic rings. The van der Waals surface area contributed by atoms with Crippen molar-refractivity contribution >= 4 is 5.91 Å². The number of carbonyl (C=O) groups excluding carboxylic acids is 1. The molecule has 3 rings (SSSR count). The molecule has 2 aliphatic rings. The molecule has 1 aromatic heterocycles. The Morgan fingerprint density at radius 1 is 1.35 bits per heavy atom. The van der Waals surface area contributed by atoms with Crippen LogP contribution in [-0.4, -0.2) is 47.3 Å². The number of methoxy groups -OCH3 is 1. The Kier molecular flexibility index (Phi) is 3.54. The Bertz CT molecular complexity index is 478. The highest BCUT2D eigenvalue weighted by molar-refractivity contribution is 5.79. The van der Waals surface area contributed by atoms with Crippen molar-refractivity contribution in [1.29, 1.82) is 0 Å². The molecule has 0 radical (unpaired) electrons. The Balaban J connectivity index is 1.61. The van der Waals surface area contributed by atoms with Gasteiger partial charge in [-0.25, -0.2) is 0 Å². The van der Waals surface area contributed by atoms with E-state index in [1.165, 1.54) is 0 Å². The molecule has 20 heavy (non-hydrogen) atoms. The van der Waals surface area contributed by atoms with Gasteiger partial charge in [-0.05, 0) is 38.5 Å². The minimum atomic E-state index is 0.237. The van der Waals surface area contributed by atoms with Crippen LogP contribution in [0.25, 0.3) is 0 Å². The Hall–Kier alpha value is -1.36. The second-order valence-electron chi connectivity index (χ2n) is 6.24. The summed E-state index contributed by atoms with van der Waals surface area (Å²) in [6.07, 6.45) is 3.09. The second kappa shape index (κ2) is 5.20. The SMILES string of the molecule is COC1C[C@@H]2CN(C(=O)Cc3c(C)n[nH]c3C)C[C@@H]2C1. The Morgan fingerprint density at radius 3 is 2.50 bits per heavy atom. The predicted octanol–water partition coefficient (Wildman–Crippen LogP) is 1.45. The highest BCUT2D eigenvalue weighted by atomic mass is 16.5. The summed E-state index contributed by atoms with van der Waals surface area (Å²) in [5.74, 6) is 1.51. The van der Waals surface area contributed by atoms with Crippen molar-refractivity contribution in [3.63, 3.8) is 0 Å². The molecule has 5 nitrogen and oxygen atoms in total. The lowest BCUT2D eigenvalue weighted by molar-refractivity contribution is -0.129. The number of amides is 1. The number of carbonyl (C=O) groups is 1. The molecule has 1 unspecified atom stereocenters. The predicted molar refractivity (Wildman–Crippen MR) is 75.4 cm³/mol. The number of nitrogens with one attached hydrogen (secondary N) is 1. The number of likely N-dealkylation sites (tertiary alicyclic amines) is 1. The van der Waals surface area contributed by atoms with Crippen LogP contribution in [0.1, 0.15) is 29.8 Å². The molecule has 110 valence electrons. The molecule has 1 aliphatic heterocycles. The minimum absolute atomic E-state index is 0.237. The summed E-state index contributed by atoms with van der Waals surface area (Å²) in [6, 6.07) is 0. The van der Waals surface area contributed by atoms with Gasteiger partial charge in [0.05, 0.1) is 18.2 Å². The van der Waals surface area contributed by atoms with Gasteiger partial charge in [-0.1, -0.05) is 0 Å². The second-order valence-corrected chi connectivity index (χ2v) is 6.24. The van der Waals surface area contributed by atoms with Gasteiger partial charge in [0, 0.05) is 31.5 Å². The molecule has 3 atom stereocenters. The number of aryl methyl sites for hydroxylation is 2. The molecular formula is C15H23N3O2. The minimum Gasteiger partial charge on any atom is -0.381 e. The molecule has 2 heterocycles. The van der Waals surface area contributed by atoms with E-state index in [0.29, 0.717) is 24.4 Å².